The van der Waals surface area contributed by atoms with E-state index >= 15 is 0 Å². The van der Waals surface area contributed by atoms with Crippen LogP contribution in [0.15, 0.2) is 71.6 Å². The van der Waals surface area contributed by atoms with Crippen molar-refractivity contribution >= 4 is 33.3 Å². The van der Waals surface area contributed by atoms with Gasteiger partial charge in [-0.15, -0.1) is 0 Å². The number of aryl methyl sites for hydroxylation is 1. The highest BCUT2D eigenvalue weighted by molar-refractivity contribution is 7.92. The van der Waals surface area contributed by atoms with Crippen LogP contribution in [-0.4, -0.2) is 79.2 Å². The van der Waals surface area contributed by atoms with Crippen LogP contribution in [0, 0.1) is 11.3 Å². The number of benzene rings is 1. The second kappa shape index (κ2) is 17.1. The Kier molecular flexibility index (Phi) is 12.4. The lowest BCUT2D eigenvalue weighted by Crippen LogP contribution is -2.46. The van der Waals surface area contributed by atoms with Crippen molar-refractivity contribution in [2.24, 2.45) is 11.4 Å². The van der Waals surface area contributed by atoms with E-state index in [4.69, 9.17) is 4.98 Å². The van der Waals surface area contributed by atoms with Crippen LogP contribution in [0.5, 0.6) is 0 Å². The summed E-state index contributed by atoms with van der Waals surface area (Å²) < 4.78 is 18.4. The Bertz CT molecular complexity index is 1870. The van der Waals surface area contributed by atoms with E-state index in [0.717, 1.165) is 55.2 Å². The first-order chi connectivity index (χ1) is 24.1. The molecule has 14 heteroatoms. The lowest BCUT2D eigenvalue weighted by atomic mass is 10.0. The maximum absolute atomic E-state index is 13.8. The van der Waals surface area contributed by atoms with Crippen molar-refractivity contribution < 1.29 is 9.00 Å². The quantitative estimate of drug-likeness (QED) is 0.151. The first-order valence-electron chi connectivity index (χ1n) is 17.1. The van der Waals surface area contributed by atoms with E-state index in [1.54, 1.807) is 35.8 Å². The van der Waals surface area contributed by atoms with Crippen molar-refractivity contribution in [2.75, 3.05) is 47.3 Å². The van der Waals surface area contributed by atoms with Crippen LogP contribution in [0.4, 0.5) is 22.4 Å². The highest BCUT2D eigenvalue weighted by atomic mass is 32.2. The third-order valence-electron chi connectivity index (χ3n) is 8.53. The predicted octanol–water partition coefficient (Wildman–Crippen LogP) is 5.62. The number of nitrogens with one attached hydrogen (secondary N) is 2. The fourth-order valence-corrected chi connectivity index (χ4v) is 7.07. The summed E-state index contributed by atoms with van der Waals surface area (Å²) in [5, 5.41) is 20.4. The van der Waals surface area contributed by atoms with Gasteiger partial charge in [-0.3, -0.25) is 13.8 Å². The van der Waals surface area contributed by atoms with Gasteiger partial charge >= 0.3 is 6.03 Å². The molecule has 2 N–H and O–H groups in total. The average molecular weight is 698 g/mol. The van der Waals surface area contributed by atoms with Crippen LogP contribution in [-0.2, 0) is 23.3 Å². The second-order valence-corrected chi connectivity index (χ2v) is 15.5. The van der Waals surface area contributed by atoms with Gasteiger partial charge in [-0.2, -0.15) is 15.3 Å². The summed E-state index contributed by atoms with van der Waals surface area (Å²) in [5.41, 5.74) is 3.33. The molecule has 2 amide bonds. The molecule has 50 heavy (non-hydrogen) atoms. The van der Waals surface area contributed by atoms with Gasteiger partial charge in [0.1, 0.15) is 17.5 Å². The number of nitrogens with zero attached hydrogens (tertiary/aromatic N) is 9. The minimum absolute atomic E-state index is 0.0548. The van der Waals surface area contributed by atoms with E-state index < -0.39 is 9.73 Å². The molecule has 5 rings (SSSR count). The SMILES string of the molecule is CCC[C@H](CCCCNc1ncc(C#N)c(N2CCC(N=S(C)(C)=O)C2)n1)N(C(=O)NCc1ccccc1)c1ccc(-c2cnn(C)c2)cn1. The molecule has 0 aliphatic carbocycles. The van der Waals surface area contributed by atoms with E-state index in [1.807, 2.05) is 65.5 Å². The molecule has 13 nitrogen and oxygen atoms in total. The molecule has 4 aromatic rings. The molecule has 4 heterocycles. The molecule has 3 aromatic heterocycles. The standard InChI is InChI=1S/C36H47N11O2S/c1-5-11-32(14-9-10-18-38-35-40-23-29(20-37)34(43-35)46-19-17-31(26-46)44-50(3,4)49)47(36(48)41-21-27-12-7-6-8-13-27)33-16-15-28(22-39-33)30-24-42-45(2)25-30/h6-8,12-13,15-16,22-25,31-32H,5,9-11,14,17-19,21,26H2,1-4H3,(H,41,48)(H,38,40,43)/t31?,32-/m1/s1. The molecule has 1 aromatic carbocycles. The van der Waals surface area contributed by atoms with Crippen LogP contribution in [0.2, 0.25) is 0 Å². The number of carbonyl (C=O) groups excluding carboxylic acids is 1. The Morgan fingerprint density at radius 2 is 1.92 bits per heavy atom. The molecular weight excluding hydrogens is 651 g/mol. The van der Waals surface area contributed by atoms with Crippen LogP contribution in [0.3, 0.4) is 0 Å². The largest absolute Gasteiger partial charge is 0.354 e. The van der Waals surface area contributed by atoms with Gasteiger partial charge in [0, 0.05) is 85.0 Å². The van der Waals surface area contributed by atoms with Crippen LogP contribution < -0.4 is 20.4 Å². The van der Waals surface area contributed by atoms with Crippen molar-refractivity contribution in [1.29, 1.82) is 5.26 Å². The van der Waals surface area contributed by atoms with E-state index in [1.165, 1.54) is 0 Å². The number of aromatic nitrogens is 5. The maximum Gasteiger partial charge on any atom is 0.323 e. The highest BCUT2D eigenvalue weighted by Crippen LogP contribution is 2.27. The zero-order valence-corrected chi connectivity index (χ0v) is 30.1. The number of hydrogen-bond donors (Lipinski definition) is 2. The number of nitriles is 1. The van der Waals surface area contributed by atoms with E-state index in [0.29, 0.717) is 49.3 Å². The van der Waals surface area contributed by atoms with Crippen molar-refractivity contribution in [3.8, 4) is 17.2 Å². The molecule has 264 valence electrons. The van der Waals surface area contributed by atoms with Gasteiger partial charge in [-0.25, -0.2) is 19.1 Å². The Balaban J connectivity index is 1.23. The third-order valence-corrected chi connectivity index (χ3v) is 9.33. The van der Waals surface area contributed by atoms with Gasteiger partial charge in [-0.05, 0) is 49.8 Å². The number of unbranched alkanes of at least 4 members (excludes halogenated alkanes) is 1. The second-order valence-electron chi connectivity index (χ2n) is 12.9. The molecule has 0 bridgehead atoms. The normalized spacial score (nSPS) is 14.9. The number of carbonyl (C=O) groups is 1. The fraction of sp³-hybridized carbons (Fsp3) is 0.444. The summed E-state index contributed by atoms with van der Waals surface area (Å²) in [6.07, 6.45) is 15.4. The Hall–Kier alpha value is -5.03. The number of anilines is 3. The molecule has 1 fully saturated rings. The number of amides is 2. The molecule has 0 saturated carbocycles. The first kappa shape index (κ1) is 36.3. The van der Waals surface area contributed by atoms with Crippen molar-refractivity contribution in [3.63, 3.8) is 0 Å². The van der Waals surface area contributed by atoms with Crippen LogP contribution in [0.1, 0.15) is 56.6 Å². The molecule has 1 saturated heterocycles. The summed E-state index contributed by atoms with van der Waals surface area (Å²) in [6.45, 7) is 4.44. The van der Waals surface area contributed by atoms with Gasteiger partial charge in [0.15, 0.2) is 5.82 Å². The lowest BCUT2D eigenvalue weighted by molar-refractivity contribution is 0.242. The van der Waals surface area contributed by atoms with E-state index in [9.17, 15) is 14.3 Å². The smallest absolute Gasteiger partial charge is 0.323 e. The average Bonchev–Trinajstić information content (AvgIpc) is 3.76. The summed E-state index contributed by atoms with van der Waals surface area (Å²) in [5.74, 6) is 1.64. The highest BCUT2D eigenvalue weighted by Gasteiger charge is 2.27. The number of pyridine rings is 1. The van der Waals surface area contributed by atoms with Gasteiger partial charge < -0.3 is 15.5 Å². The molecule has 1 aliphatic heterocycles. The molecule has 2 atom stereocenters. The number of rotatable bonds is 15. The molecule has 0 radical (unpaired) electrons. The third kappa shape index (κ3) is 10.0. The molecular formula is C36H47N11O2S. The van der Waals surface area contributed by atoms with Crippen molar-refractivity contribution in [3.05, 3.63) is 78.4 Å². The van der Waals surface area contributed by atoms with Crippen molar-refractivity contribution in [1.82, 2.24) is 30.0 Å². The number of hydrogen-bond acceptors (Lipinski definition) is 10. The zero-order chi connectivity index (χ0) is 35.5. The Morgan fingerprint density at radius 3 is 2.60 bits per heavy atom. The lowest BCUT2D eigenvalue weighted by Gasteiger charge is -2.31. The maximum atomic E-state index is 13.8. The van der Waals surface area contributed by atoms with Gasteiger partial charge in [0.2, 0.25) is 5.95 Å². The molecule has 0 spiro atoms. The Labute approximate surface area is 295 Å². The van der Waals surface area contributed by atoms with E-state index in [2.05, 4.69) is 43.1 Å². The summed E-state index contributed by atoms with van der Waals surface area (Å²) in [4.78, 5) is 31.5. The Morgan fingerprint density at radius 1 is 1.10 bits per heavy atom. The molecule has 1 unspecified atom stereocenters. The van der Waals surface area contributed by atoms with Crippen molar-refractivity contribution in [2.45, 2.75) is 64.1 Å². The minimum Gasteiger partial charge on any atom is -0.354 e. The zero-order valence-electron chi connectivity index (χ0n) is 29.3. The van der Waals surface area contributed by atoms with E-state index in [-0.39, 0.29) is 18.1 Å². The molecule has 1 aliphatic rings. The first-order valence-corrected chi connectivity index (χ1v) is 19.4. The fourth-order valence-electron chi connectivity index (χ4n) is 6.18. The van der Waals surface area contributed by atoms with Gasteiger partial charge in [0.25, 0.3) is 0 Å². The van der Waals surface area contributed by atoms with Gasteiger partial charge in [0.05, 0.1) is 18.4 Å². The van der Waals surface area contributed by atoms with Gasteiger partial charge in [-0.1, -0.05) is 43.7 Å². The predicted molar refractivity (Wildman–Crippen MR) is 198 cm³/mol. The number of urea groups is 1. The topological polar surface area (TPSA) is 157 Å². The summed E-state index contributed by atoms with van der Waals surface area (Å²) in [7, 11) is -0.331. The van der Waals surface area contributed by atoms with Crippen LogP contribution >= 0.6 is 0 Å². The summed E-state index contributed by atoms with van der Waals surface area (Å²) >= 11 is 0. The monoisotopic (exact) mass is 697 g/mol. The summed E-state index contributed by atoms with van der Waals surface area (Å²) in [6, 6.07) is 15.7. The minimum atomic E-state index is -2.21. The van der Waals surface area contributed by atoms with Crippen LogP contribution in [0.25, 0.3) is 11.1 Å².